The number of nitrogens with one attached hydrogen (secondary N) is 1. The third kappa shape index (κ3) is 4.96. The minimum absolute atomic E-state index is 0.140. The minimum Gasteiger partial charge on any atom is -0.337 e. The van der Waals surface area contributed by atoms with Crippen molar-refractivity contribution in [2.24, 2.45) is 5.92 Å². The lowest BCUT2D eigenvalue weighted by molar-refractivity contribution is -0.140. The number of aromatic nitrogens is 1. The molecule has 0 bridgehead atoms. The number of carbonyl (C=O) groups excluding carboxylic acids is 2. The lowest BCUT2D eigenvalue weighted by Crippen LogP contribution is -2.54. The van der Waals surface area contributed by atoms with Gasteiger partial charge in [0.1, 0.15) is 10.7 Å². The highest BCUT2D eigenvalue weighted by Gasteiger charge is 2.33. The van der Waals surface area contributed by atoms with E-state index in [0.29, 0.717) is 29.6 Å². The van der Waals surface area contributed by atoms with Crippen molar-refractivity contribution < 1.29 is 14.0 Å². The fraction of sp³-hybridized carbons (Fsp3) is 0.522. The van der Waals surface area contributed by atoms with Crippen LogP contribution in [0.2, 0.25) is 0 Å². The van der Waals surface area contributed by atoms with Gasteiger partial charge in [-0.05, 0) is 49.9 Å². The molecule has 1 saturated carbocycles. The molecule has 1 N–H and O–H groups in total. The van der Waals surface area contributed by atoms with Crippen LogP contribution in [0.4, 0.5) is 10.1 Å². The first kappa shape index (κ1) is 21.9. The Morgan fingerprint density at radius 3 is 2.71 bits per heavy atom. The lowest BCUT2D eigenvalue weighted by atomic mass is 10.0. The van der Waals surface area contributed by atoms with Crippen LogP contribution >= 0.6 is 11.3 Å². The van der Waals surface area contributed by atoms with Gasteiger partial charge in [0.15, 0.2) is 0 Å². The Morgan fingerprint density at radius 1 is 1.26 bits per heavy atom. The van der Waals surface area contributed by atoms with Crippen LogP contribution in [0.15, 0.2) is 23.8 Å². The molecule has 8 heteroatoms. The molecule has 4 rings (SSSR count). The van der Waals surface area contributed by atoms with E-state index in [2.05, 4.69) is 22.1 Å². The maximum absolute atomic E-state index is 14.3. The van der Waals surface area contributed by atoms with Gasteiger partial charge in [-0.2, -0.15) is 0 Å². The van der Waals surface area contributed by atoms with Gasteiger partial charge >= 0.3 is 0 Å². The van der Waals surface area contributed by atoms with Gasteiger partial charge < -0.3 is 10.2 Å². The van der Waals surface area contributed by atoms with Crippen molar-refractivity contribution >= 4 is 28.8 Å². The van der Waals surface area contributed by atoms with Gasteiger partial charge in [-0.1, -0.05) is 12.8 Å². The summed E-state index contributed by atoms with van der Waals surface area (Å²) in [7, 11) is 0. The highest BCUT2D eigenvalue weighted by Crippen LogP contribution is 2.29. The molecule has 1 saturated heterocycles. The summed E-state index contributed by atoms with van der Waals surface area (Å²) in [6.45, 7) is 6.82. The van der Waals surface area contributed by atoms with Crippen molar-refractivity contribution in [2.75, 3.05) is 25.0 Å². The van der Waals surface area contributed by atoms with E-state index in [1.807, 2.05) is 11.8 Å². The monoisotopic (exact) mass is 444 g/mol. The van der Waals surface area contributed by atoms with Crippen LogP contribution in [0.5, 0.6) is 0 Å². The standard InChI is InChI=1S/C23H29FN4O2S/c1-15-12-27(7-8-28(15)23(30)17-5-3-4-6-17)13-18-9-19(24)10-20(16(18)2)26-22(29)21-11-25-14-31-21/h9-11,14-15,17H,3-8,12-13H2,1-2H3,(H,26,29). The third-order valence-corrected chi connectivity index (χ3v) is 7.25. The Labute approximate surface area is 186 Å². The molecule has 1 aromatic carbocycles. The Bertz CT molecular complexity index is 943. The van der Waals surface area contributed by atoms with Gasteiger partial charge in [0.2, 0.25) is 5.91 Å². The number of halogens is 1. The van der Waals surface area contributed by atoms with Crippen molar-refractivity contribution in [3.63, 3.8) is 0 Å². The second-order valence-electron chi connectivity index (χ2n) is 8.65. The third-order valence-electron chi connectivity index (χ3n) is 6.48. The van der Waals surface area contributed by atoms with E-state index in [1.165, 1.54) is 23.6 Å². The number of hydrogen-bond donors (Lipinski definition) is 1. The molecule has 2 aromatic rings. The molecule has 6 nitrogen and oxygen atoms in total. The molecule has 1 atom stereocenters. The van der Waals surface area contributed by atoms with Gasteiger partial charge in [0, 0.05) is 43.8 Å². The van der Waals surface area contributed by atoms with Gasteiger partial charge in [-0.15, -0.1) is 11.3 Å². The normalized spacial score (nSPS) is 20.2. The highest BCUT2D eigenvalue weighted by atomic mass is 32.1. The summed E-state index contributed by atoms with van der Waals surface area (Å²) < 4.78 is 14.3. The smallest absolute Gasteiger partial charge is 0.267 e. The average molecular weight is 445 g/mol. The predicted octanol–water partition coefficient (Wildman–Crippen LogP) is 4.07. The summed E-state index contributed by atoms with van der Waals surface area (Å²) in [4.78, 5) is 33.9. The maximum atomic E-state index is 14.3. The number of carbonyl (C=O) groups is 2. The van der Waals surface area contributed by atoms with Crippen molar-refractivity contribution in [3.05, 3.63) is 45.7 Å². The molecule has 166 valence electrons. The molecule has 0 spiro atoms. The quantitative estimate of drug-likeness (QED) is 0.755. The van der Waals surface area contributed by atoms with E-state index in [1.54, 1.807) is 11.6 Å². The zero-order valence-electron chi connectivity index (χ0n) is 18.1. The summed E-state index contributed by atoms with van der Waals surface area (Å²) in [5, 5.41) is 2.81. The summed E-state index contributed by atoms with van der Waals surface area (Å²) >= 11 is 1.25. The molecule has 2 heterocycles. The number of piperazine rings is 1. The number of rotatable bonds is 5. The van der Waals surface area contributed by atoms with E-state index < -0.39 is 0 Å². The molecule has 1 aliphatic carbocycles. The van der Waals surface area contributed by atoms with E-state index >= 15 is 0 Å². The van der Waals surface area contributed by atoms with E-state index in [4.69, 9.17) is 0 Å². The Morgan fingerprint density at radius 2 is 2.03 bits per heavy atom. The van der Waals surface area contributed by atoms with Crippen LogP contribution in [0.25, 0.3) is 0 Å². The molecule has 2 amide bonds. The van der Waals surface area contributed by atoms with Crippen LogP contribution in [-0.2, 0) is 11.3 Å². The number of anilines is 1. The molecule has 2 aliphatic rings. The molecule has 1 aromatic heterocycles. The second-order valence-corrected chi connectivity index (χ2v) is 9.54. The van der Waals surface area contributed by atoms with Crippen molar-refractivity contribution in [1.82, 2.24) is 14.8 Å². The van der Waals surface area contributed by atoms with Crippen LogP contribution < -0.4 is 5.32 Å². The van der Waals surface area contributed by atoms with E-state index in [0.717, 1.165) is 49.9 Å². The highest BCUT2D eigenvalue weighted by molar-refractivity contribution is 7.11. The molecule has 31 heavy (non-hydrogen) atoms. The number of hydrogen-bond acceptors (Lipinski definition) is 5. The van der Waals surface area contributed by atoms with Crippen LogP contribution in [0.1, 0.15) is 53.4 Å². The number of nitrogens with zero attached hydrogens (tertiary/aromatic N) is 3. The van der Waals surface area contributed by atoms with Crippen molar-refractivity contribution in [1.29, 1.82) is 0 Å². The average Bonchev–Trinajstić information content (AvgIpc) is 3.45. The Balaban J connectivity index is 1.42. The van der Waals surface area contributed by atoms with Crippen LogP contribution in [0.3, 0.4) is 0 Å². The van der Waals surface area contributed by atoms with Crippen LogP contribution in [-0.4, -0.2) is 52.3 Å². The first-order valence-electron chi connectivity index (χ1n) is 10.9. The van der Waals surface area contributed by atoms with Gasteiger partial charge in [-0.25, -0.2) is 4.39 Å². The van der Waals surface area contributed by atoms with Crippen molar-refractivity contribution in [2.45, 2.75) is 52.1 Å². The molecule has 0 radical (unpaired) electrons. The summed E-state index contributed by atoms with van der Waals surface area (Å²) in [6.07, 6.45) is 5.86. The van der Waals surface area contributed by atoms with Gasteiger partial charge in [0.25, 0.3) is 5.91 Å². The summed E-state index contributed by atoms with van der Waals surface area (Å²) in [6, 6.07) is 3.04. The first-order chi connectivity index (χ1) is 14.9. The first-order valence-corrected chi connectivity index (χ1v) is 11.8. The second kappa shape index (κ2) is 9.44. The molecular weight excluding hydrogens is 415 g/mol. The minimum atomic E-state index is -0.372. The summed E-state index contributed by atoms with van der Waals surface area (Å²) in [5.41, 5.74) is 3.78. The molecule has 2 fully saturated rings. The number of thiazole rings is 1. The molecular formula is C23H29FN4O2S. The SMILES string of the molecule is Cc1c(CN2CCN(C(=O)C3CCCC3)C(C)C2)cc(F)cc1NC(=O)c1cncs1. The topological polar surface area (TPSA) is 65.5 Å². The largest absolute Gasteiger partial charge is 0.337 e. The van der Waals surface area contributed by atoms with E-state index in [9.17, 15) is 14.0 Å². The zero-order valence-corrected chi connectivity index (χ0v) is 18.9. The predicted molar refractivity (Wildman–Crippen MR) is 120 cm³/mol. The van der Waals surface area contributed by atoms with E-state index in [-0.39, 0.29) is 23.7 Å². The molecule has 1 unspecified atom stereocenters. The van der Waals surface area contributed by atoms with Crippen LogP contribution in [0, 0.1) is 18.7 Å². The van der Waals surface area contributed by atoms with Gasteiger partial charge in [0.05, 0.1) is 11.7 Å². The summed E-state index contributed by atoms with van der Waals surface area (Å²) in [5.74, 6) is -0.151. The number of amides is 2. The maximum Gasteiger partial charge on any atom is 0.267 e. The number of benzene rings is 1. The molecule has 1 aliphatic heterocycles. The fourth-order valence-corrected chi connectivity index (χ4v) is 5.21. The zero-order chi connectivity index (χ0) is 22.0. The van der Waals surface area contributed by atoms with Gasteiger partial charge in [-0.3, -0.25) is 19.5 Å². The van der Waals surface area contributed by atoms with Crippen molar-refractivity contribution in [3.8, 4) is 0 Å². The Hall–Kier alpha value is -2.32. The fourth-order valence-electron chi connectivity index (χ4n) is 4.69. The lowest BCUT2D eigenvalue weighted by Gasteiger charge is -2.41. The Kier molecular flexibility index (Phi) is 6.67.